The first-order valence-electron chi connectivity index (χ1n) is 5.75. The molecule has 0 atom stereocenters. The molecular weight excluding hydrogens is 230 g/mol. The molecule has 1 aromatic carbocycles. The lowest BCUT2D eigenvalue weighted by molar-refractivity contribution is 0.0987. The van der Waals surface area contributed by atoms with Crippen molar-refractivity contribution in [3.63, 3.8) is 0 Å². The Morgan fingerprint density at radius 2 is 2.33 bits per heavy atom. The summed E-state index contributed by atoms with van der Waals surface area (Å²) in [6.45, 7) is 2.32. The minimum atomic E-state index is -0.0688. The van der Waals surface area contributed by atoms with Crippen LogP contribution in [0.4, 0.5) is 5.69 Å². The Hall–Kier alpha value is -2.30. The molecule has 3 N–H and O–H groups in total. The number of nitrogens with two attached hydrogens (primary N) is 1. The van der Waals surface area contributed by atoms with Crippen molar-refractivity contribution >= 4 is 11.5 Å². The van der Waals surface area contributed by atoms with E-state index in [1.54, 1.807) is 30.6 Å². The Kier molecular flexibility index (Phi) is 3.62. The topological polar surface area (TPSA) is 81.0 Å². The molecule has 2 rings (SSSR count). The number of aromatic nitrogens is 2. The van der Waals surface area contributed by atoms with Crippen LogP contribution in [0.25, 0.3) is 0 Å². The number of rotatable bonds is 5. The first kappa shape index (κ1) is 12.2. The molecule has 0 spiro atoms. The summed E-state index contributed by atoms with van der Waals surface area (Å²) in [7, 11) is 0. The third-order valence-electron chi connectivity index (χ3n) is 2.52. The second-order valence-electron chi connectivity index (χ2n) is 3.79. The van der Waals surface area contributed by atoms with Gasteiger partial charge in [-0.05, 0) is 19.1 Å². The summed E-state index contributed by atoms with van der Waals surface area (Å²) in [5.41, 5.74) is 6.79. The number of H-pyrrole nitrogens is 1. The number of carbonyl (C=O) groups excluding carboxylic acids is 1. The van der Waals surface area contributed by atoms with E-state index in [-0.39, 0.29) is 12.2 Å². The van der Waals surface area contributed by atoms with E-state index >= 15 is 0 Å². The number of Topliss-reactive ketones (excluding diaryl/α,β-unsaturated/α-hetero) is 1. The number of para-hydroxylation sites is 1. The molecule has 5 nitrogen and oxygen atoms in total. The van der Waals surface area contributed by atoms with Gasteiger partial charge in [-0.1, -0.05) is 6.07 Å². The molecule has 0 saturated carbocycles. The monoisotopic (exact) mass is 245 g/mol. The average Bonchev–Trinajstić information content (AvgIpc) is 2.84. The van der Waals surface area contributed by atoms with Crippen molar-refractivity contribution in [3.8, 4) is 5.75 Å². The van der Waals surface area contributed by atoms with E-state index in [0.717, 1.165) is 0 Å². The number of carbonyl (C=O) groups is 1. The maximum Gasteiger partial charge on any atom is 0.174 e. The van der Waals surface area contributed by atoms with Crippen LogP contribution in [-0.2, 0) is 6.42 Å². The fraction of sp³-hybridized carbons (Fsp3) is 0.231. The Labute approximate surface area is 105 Å². The van der Waals surface area contributed by atoms with Gasteiger partial charge in [-0.15, -0.1) is 0 Å². The first-order chi connectivity index (χ1) is 8.72. The van der Waals surface area contributed by atoms with Gasteiger partial charge in [0.2, 0.25) is 0 Å². The lowest BCUT2D eigenvalue weighted by Gasteiger charge is -2.11. The maximum atomic E-state index is 12.2. The maximum absolute atomic E-state index is 12.2. The van der Waals surface area contributed by atoms with Crippen LogP contribution < -0.4 is 10.5 Å². The third kappa shape index (κ3) is 2.51. The second kappa shape index (κ2) is 5.35. The van der Waals surface area contributed by atoms with E-state index in [0.29, 0.717) is 29.4 Å². The van der Waals surface area contributed by atoms with Crippen molar-refractivity contribution in [2.45, 2.75) is 13.3 Å². The molecule has 94 valence electrons. The van der Waals surface area contributed by atoms with Gasteiger partial charge in [-0.25, -0.2) is 4.98 Å². The molecule has 0 aliphatic heterocycles. The van der Waals surface area contributed by atoms with Gasteiger partial charge in [-0.3, -0.25) is 4.79 Å². The summed E-state index contributed by atoms with van der Waals surface area (Å²) < 4.78 is 5.43. The number of nitrogens with zero attached hydrogens (tertiary/aromatic N) is 1. The number of imidazole rings is 1. The molecular formula is C13H15N3O2. The zero-order valence-corrected chi connectivity index (χ0v) is 10.1. The van der Waals surface area contributed by atoms with Gasteiger partial charge in [0.15, 0.2) is 11.5 Å². The van der Waals surface area contributed by atoms with E-state index in [1.165, 1.54) is 0 Å². The number of nitrogen functional groups attached to an aromatic ring is 1. The number of benzene rings is 1. The van der Waals surface area contributed by atoms with Crippen molar-refractivity contribution < 1.29 is 9.53 Å². The first-order valence-corrected chi connectivity index (χ1v) is 5.75. The van der Waals surface area contributed by atoms with Crippen LogP contribution in [0.2, 0.25) is 0 Å². The molecule has 5 heteroatoms. The molecule has 0 saturated heterocycles. The van der Waals surface area contributed by atoms with Crippen LogP contribution in [0.5, 0.6) is 5.75 Å². The highest BCUT2D eigenvalue weighted by atomic mass is 16.5. The molecule has 0 unspecified atom stereocenters. The van der Waals surface area contributed by atoms with Crippen molar-refractivity contribution in [3.05, 3.63) is 42.0 Å². The summed E-state index contributed by atoms with van der Waals surface area (Å²) >= 11 is 0. The lowest BCUT2D eigenvalue weighted by atomic mass is 10.1. The highest BCUT2D eigenvalue weighted by Gasteiger charge is 2.16. The van der Waals surface area contributed by atoms with E-state index in [1.807, 2.05) is 6.92 Å². The number of ketones is 1. The Balaban J connectivity index is 2.26. The largest absolute Gasteiger partial charge is 0.491 e. The third-order valence-corrected chi connectivity index (χ3v) is 2.52. The molecule has 1 aromatic heterocycles. The van der Waals surface area contributed by atoms with Gasteiger partial charge >= 0.3 is 0 Å². The molecule has 0 amide bonds. The smallest absolute Gasteiger partial charge is 0.174 e. The summed E-state index contributed by atoms with van der Waals surface area (Å²) in [5, 5.41) is 0. The highest BCUT2D eigenvalue weighted by Crippen LogP contribution is 2.27. The van der Waals surface area contributed by atoms with Crippen LogP contribution in [0.1, 0.15) is 23.1 Å². The molecule has 0 bridgehead atoms. The van der Waals surface area contributed by atoms with Gasteiger partial charge in [0.1, 0.15) is 5.82 Å². The van der Waals surface area contributed by atoms with Crippen molar-refractivity contribution in [1.82, 2.24) is 9.97 Å². The predicted octanol–water partition coefficient (Wildman–Crippen LogP) is 1.82. The van der Waals surface area contributed by atoms with Crippen LogP contribution in [0.3, 0.4) is 0 Å². The quantitative estimate of drug-likeness (QED) is 0.622. The number of aromatic amines is 1. The number of hydrogen-bond donors (Lipinski definition) is 2. The lowest BCUT2D eigenvalue weighted by Crippen LogP contribution is -2.09. The van der Waals surface area contributed by atoms with Gasteiger partial charge < -0.3 is 15.5 Å². The zero-order chi connectivity index (χ0) is 13.0. The van der Waals surface area contributed by atoms with Crippen molar-refractivity contribution in [2.24, 2.45) is 0 Å². The van der Waals surface area contributed by atoms with Crippen molar-refractivity contribution in [1.29, 1.82) is 0 Å². The molecule has 2 aromatic rings. The van der Waals surface area contributed by atoms with E-state index in [9.17, 15) is 4.79 Å². The minimum absolute atomic E-state index is 0.0688. The zero-order valence-electron chi connectivity index (χ0n) is 10.1. The van der Waals surface area contributed by atoms with Crippen LogP contribution in [0, 0.1) is 0 Å². The summed E-state index contributed by atoms with van der Waals surface area (Å²) in [4.78, 5) is 19.1. The standard InChI is InChI=1S/C13H15N3O2/c1-2-18-13-9(4-3-5-10(13)14)11(17)8-12-15-6-7-16-12/h3-7H,2,8,14H2,1H3,(H,15,16). The highest BCUT2D eigenvalue weighted by molar-refractivity contribution is 6.01. The van der Waals surface area contributed by atoms with E-state index in [4.69, 9.17) is 10.5 Å². The van der Waals surface area contributed by atoms with Gasteiger partial charge in [0, 0.05) is 12.4 Å². The Morgan fingerprint density at radius 3 is 3.00 bits per heavy atom. The molecule has 1 heterocycles. The number of ether oxygens (including phenoxy) is 1. The second-order valence-corrected chi connectivity index (χ2v) is 3.79. The van der Waals surface area contributed by atoms with Gasteiger partial charge in [0.05, 0.1) is 24.3 Å². The predicted molar refractivity (Wildman–Crippen MR) is 68.6 cm³/mol. The van der Waals surface area contributed by atoms with Gasteiger partial charge in [-0.2, -0.15) is 0 Å². The van der Waals surface area contributed by atoms with Crippen LogP contribution >= 0.6 is 0 Å². The van der Waals surface area contributed by atoms with E-state index < -0.39 is 0 Å². The fourth-order valence-corrected chi connectivity index (χ4v) is 1.72. The molecule has 0 aliphatic rings. The molecule has 0 aliphatic carbocycles. The fourth-order valence-electron chi connectivity index (χ4n) is 1.72. The van der Waals surface area contributed by atoms with Crippen LogP contribution in [-0.4, -0.2) is 22.4 Å². The summed E-state index contributed by atoms with van der Waals surface area (Å²) in [6.07, 6.45) is 3.51. The normalized spacial score (nSPS) is 10.3. The van der Waals surface area contributed by atoms with E-state index in [2.05, 4.69) is 9.97 Å². The number of nitrogens with one attached hydrogen (secondary N) is 1. The SMILES string of the molecule is CCOc1c(N)cccc1C(=O)Cc1ncc[nH]1. The van der Waals surface area contributed by atoms with Crippen LogP contribution in [0.15, 0.2) is 30.6 Å². The molecule has 18 heavy (non-hydrogen) atoms. The number of hydrogen-bond acceptors (Lipinski definition) is 4. The summed E-state index contributed by atoms with van der Waals surface area (Å²) in [6, 6.07) is 5.18. The number of anilines is 1. The molecule has 0 fully saturated rings. The summed E-state index contributed by atoms with van der Waals surface area (Å²) in [5.74, 6) is 1.02. The van der Waals surface area contributed by atoms with Crippen molar-refractivity contribution in [2.75, 3.05) is 12.3 Å². The Bertz CT molecular complexity index is 535. The Morgan fingerprint density at radius 1 is 1.50 bits per heavy atom. The van der Waals surface area contributed by atoms with Gasteiger partial charge in [0.25, 0.3) is 0 Å². The molecule has 0 radical (unpaired) electrons. The average molecular weight is 245 g/mol. The minimum Gasteiger partial charge on any atom is -0.491 e.